The number of hydrogen-bond acceptors (Lipinski definition) is 8. The summed E-state index contributed by atoms with van der Waals surface area (Å²) in [6.45, 7) is 5.05. The molecule has 2 heterocycles. The summed E-state index contributed by atoms with van der Waals surface area (Å²) in [5.74, 6) is -1.82. The van der Waals surface area contributed by atoms with E-state index in [1.54, 1.807) is 32.9 Å². The van der Waals surface area contributed by atoms with Crippen molar-refractivity contribution < 1.29 is 35.7 Å². The van der Waals surface area contributed by atoms with Gasteiger partial charge in [0.15, 0.2) is 9.84 Å². The molecule has 2 amide bonds. The highest BCUT2D eigenvalue weighted by Gasteiger charge is 2.72. The topological polar surface area (TPSA) is 133 Å². The van der Waals surface area contributed by atoms with Gasteiger partial charge in [-0.25, -0.2) is 8.42 Å². The van der Waals surface area contributed by atoms with E-state index in [4.69, 9.17) is 4.52 Å². The zero-order chi connectivity index (χ0) is 28.5. The van der Waals surface area contributed by atoms with Crippen LogP contribution in [0.5, 0.6) is 0 Å². The first-order chi connectivity index (χ1) is 18.2. The molecule has 0 bridgehead atoms. The monoisotopic (exact) mass is 564 g/mol. The molecule has 2 atom stereocenters. The third-order valence-corrected chi connectivity index (χ3v) is 10.4. The van der Waals surface area contributed by atoms with Crippen LogP contribution >= 0.6 is 0 Å². The number of amides is 2. The molecule has 3 fully saturated rings. The molecule has 2 aliphatic carbocycles. The maximum atomic E-state index is 13.7. The molecular formula is C26H27F3N4O5S. The SMILES string of the molecule is Cc1cc(-c2c(C)noc2C)ccc1S(=O)(=O)[C@H]1CN[C@H](C(=O)N(C(=O)C2(C(F)(F)F)CC2)C2(C#N)CC2)C1. The van der Waals surface area contributed by atoms with Crippen molar-refractivity contribution in [2.75, 3.05) is 6.54 Å². The van der Waals surface area contributed by atoms with E-state index < -0.39 is 62.9 Å². The molecule has 1 aromatic carbocycles. The second kappa shape index (κ2) is 8.89. The lowest BCUT2D eigenvalue weighted by molar-refractivity contribution is -0.200. The number of nitrogens with one attached hydrogen (secondary N) is 1. The minimum absolute atomic E-state index is 0.0653. The van der Waals surface area contributed by atoms with Crippen LogP contribution < -0.4 is 5.32 Å². The summed E-state index contributed by atoms with van der Waals surface area (Å²) >= 11 is 0. The second-order valence-electron chi connectivity index (χ2n) is 10.7. The number of carbonyl (C=O) groups is 2. The van der Waals surface area contributed by atoms with Crippen LogP contribution in [-0.4, -0.2) is 59.8 Å². The fourth-order valence-electron chi connectivity index (χ4n) is 5.45. The molecule has 39 heavy (non-hydrogen) atoms. The van der Waals surface area contributed by atoms with Crippen LogP contribution in [0.2, 0.25) is 0 Å². The summed E-state index contributed by atoms with van der Waals surface area (Å²) < 4.78 is 73.5. The first-order valence-electron chi connectivity index (χ1n) is 12.6. The highest BCUT2D eigenvalue weighted by molar-refractivity contribution is 7.92. The molecule has 2 aromatic rings. The fraction of sp³-hybridized carbons (Fsp3) is 0.538. The Morgan fingerprint density at radius 2 is 1.85 bits per heavy atom. The van der Waals surface area contributed by atoms with Gasteiger partial charge in [-0.2, -0.15) is 18.4 Å². The molecule has 208 valence electrons. The van der Waals surface area contributed by atoms with Crippen molar-refractivity contribution in [1.82, 2.24) is 15.4 Å². The number of nitrogens with zero attached hydrogens (tertiary/aromatic N) is 3. The molecular weight excluding hydrogens is 537 g/mol. The van der Waals surface area contributed by atoms with E-state index in [0.29, 0.717) is 21.9 Å². The molecule has 0 unspecified atom stereocenters. The Kier molecular flexibility index (Phi) is 6.23. The van der Waals surface area contributed by atoms with Gasteiger partial charge >= 0.3 is 6.18 Å². The van der Waals surface area contributed by atoms with Crippen molar-refractivity contribution in [3.05, 3.63) is 35.2 Å². The van der Waals surface area contributed by atoms with Gasteiger partial charge in [0.1, 0.15) is 16.7 Å². The van der Waals surface area contributed by atoms with Crippen LogP contribution in [-0.2, 0) is 19.4 Å². The third kappa shape index (κ3) is 4.24. The van der Waals surface area contributed by atoms with Crippen LogP contribution in [0.15, 0.2) is 27.6 Å². The minimum atomic E-state index is -4.85. The number of halogens is 3. The van der Waals surface area contributed by atoms with E-state index in [9.17, 15) is 36.4 Å². The van der Waals surface area contributed by atoms with Crippen LogP contribution in [0.4, 0.5) is 13.2 Å². The molecule has 1 aliphatic heterocycles. The molecule has 3 aliphatic rings. The van der Waals surface area contributed by atoms with Gasteiger partial charge in [0.25, 0.3) is 0 Å². The fourth-order valence-corrected chi connectivity index (χ4v) is 7.34. The van der Waals surface area contributed by atoms with Gasteiger partial charge in [-0.15, -0.1) is 0 Å². The van der Waals surface area contributed by atoms with Crippen molar-refractivity contribution in [3.8, 4) is 17.2 Å². The van der Waals surface area contributed by atoms with Gasteiger partial charge < -0.3 is 9.84 Å². The summed E-state index contributed by atoms with van der Waals surface area (Å²) in [5.41, 5.74) is -1.66. The lowest BCUT2D eigenvalue weighted by Crippen LogP contribution is -2.56. The summed E-state index contributed by atoms with van der Waals surface area (Å²) in [4.78, 5) is 27.1. The zero-order valence-electron chi connectivity index (χ0n) is 21.6. The van der Waals surface area contributed by atoms with E-state index in [0.717, 1.165) is 11.1 Å². The van der Waals surface area contributed by atoms with E-state index in [-0.39, 0.29) is 30.7 Å². The number of nitriles is 1. The molecule has 5 rings (SSSR count). The average Bonchev–Trinajstić information content (AvgIpc) is 3.76. The molecule has 1 N–H and O–H groups in total. The Hall–Kier alpha value is -3.24. The lowest BCUT2D eigenvalue weighted by atomic mass is 10.0. The van der Waals surface area contributed by atoms with Crippen molar-refractivity contribution in [1.29, 1.82) is 5.26 Å². The molecule has 13 heteroatoms. The quantitative estimate of drug-likeness (QED) is 0.527. The molecule has 0 radical (unpaired) electrons. The predicted molar refractivity (Wildman–Crippen MR) is 131 cm³/mol. The second-order valence-corrected chi connectivity index (χ2v) is 12.9. The Labute approximate surface area is 223 Å². The number of aromatic nitrogens is 1. The van der Waals surface area contributed by atoms with Crippen molar-refractivity contribution in [2.45, 2.75) is 80.8 Å². The minimum Gasteiger partial charge on any atom is -0.361 e. The zero-order valence-corrected chi connectivity index (χ0v) is 22.4. The Balaban J connectivity index is 1.39. The average molecular weight is 565 g/mol. The summed E-state index contributed by atoms with van der Waals surface area (Å²) in [6.07, 6.45) is -5.81. The summed E-state index contributed by atoms with van der Waals surface area (Å²) in [5, 5.41) is 15.3. The van der Waals surface area contributed by atoms with E-state index in [1.165, 1.54) is 6.07 Å². The Morgan fingerprint density at radius 1 is 1.18 bits per heavy atom. The lowest BCUT2D eigenvalue weighted by Gasteiger charge is -2.32. The standard InChI is InChI=1S/C26H27F3N4O5S/c1-14-10-17(21-15(2)32-38-16(21)3)4-5-20(14)39(36,37)18-11-19(31-12-18)22(34)33(24(13-30)6-7-24)23(35)25(8-9-25)26(27,28)29/h4-5,10,18-19,31H,6-9,11-12H2,1-3H3/t18-,19+/m1/s1. The van der Waals surface area contributed by atoms with Crippen LogP contribution in [0.3, 0.4) is 0 Å². The summed E-state index contributed by atoms with van der Waals surface area (Å²) in [7, 11) is -3.95. The van der Waals surface area contributed by atoms with Crippen LogP contribution in [0.25, 0.3) is 11.1 Å². The van der Waals surface area contributed by atoms with Crippen molar-refractivity contribution in [2.24, 2.45) is 5.41 Å². The number of imide groups is 1. The van der Waals surface area contributed by atoms with E-state index in [1.807, 2.05) is 6.07 Å². The molecule has 0 spiro atoms. The maximum absolute atomic E-state index is 13.7. The van der Waals surface area contributed by atoms with Gasteiger partial charge in [0.05, 0.1) is 28.0 Å². The van der Waals surface area contributed by atoms with Crippen molar-refractivity contribution in [3.63, 3.8) is 0 Å². The van der Waals surface area contributed by atoms with Crippen LogP contribution in [0.1, 0.15) is 49.1 Å². The number of sulfone groups is 1. The number of alkyl halides is 3. The van der Waals surface area contributed by atoms with Crippen LogP contribution in [0, 0.1) is 37.5 Å². The molecule has 9 nitrogen and oxygen atoms in total. The summed E-state index contributed by atoms with van der Waals surface area (Å²) in [6, 6.07) is 5.47. The van der Waals surface area contributed by atoms with E-state index in [2.05, 4.69) is 10.5 Å². The maximum Gasteiger partial charge on any atom is 0.403 e. The number of carbonyl (C=O) groups excluding carboxylic acids is 2. The molecule has 1 saturated heterocycles. The van der Waals surface area contributed by atoms with Gasteiger partial charge in [0.2, 0.25) is 11.8 Å². The number of benzene rings is 1. The normalized spacial score (nSPS) is 23.2. The van der Waals surface area contributed by atoms with Gasteiger partial charge in [-0.1, -0.05) is 11.2 Å². The Bertz CT molecular complexity index is 1500. The smallest absolute Gasteiger partial charge is 0.361 e. The molecule has 1 aromatic heterocycles. The van der Waals surface area contributed by atoms with Gasteiger partial charge in [-0.05, 0) is 76.1 Å². The third-order valence-electron chi connectivity index (χ3n) is 8.12. The first-order valence-corrected chi connectivity index (χ1v) is 14.1. The van der Waals surface area contributed by atoms with Gasteiger partial charge in [0, 0.05) is 12.1 Å². The first kappa shape index (κ1) is 27.3. The molecule has 2 saturated carbocycles. The highest BCUT2D eigenvalue weighted by Crippen LogP contribution is 2.60. The highest BCUT2D eigenvalue weighted by atomic mass is 32.2. The number of aryl methyl sites for hydroxylation is 3. The largest absolute Gasteiger partial charge is 0.403 e. The predicted octanol–water partition coefficient (Wildman–Crippen LogP) is 3.52. The van der Waals surface area contributed by atoms with Gasteiger partial charge in [-0.3, -0.25) is 14.5 Å². The van der Waals surface area contributed by atoms with E-state index >= 15 is 0 Å². The van der Waals surface area contributed by atoms with Crippen molar-refractivity contribution >= 4 is 21.7 Å². The Morgan fingerprint density at radius 3 is 2.33 bits per heavy atom. The number of rotatable bonds is 6. The number of hydrogen-bond donors (Lipinski definition) is 1.